The zero-order chi connectivity index (χ0) is 43.0. The summed E-state index contributed by atoms with van der Waals surface area (Å²) in [5.41, 5.74) is 16.6. The molecule has 2 aliphatic rings. The fourth-order valence-corrected chi connectivity index (χ4v) is 11.3. The summed E-state index contributed by atoms with van der Waals surface area (Å²) in [7, 11) is 0. The zero-order valence-electron chi connectivity index (χ0n) is 35.5. The van der Waals surface area contributed by atoms with Gasteiger partial charge >= 0.3 is 6.92 Å². The lowest BCUT2D eigenvalue weighted by atomic mass is 9.51. The summed E-state index contributed by atoms with van der Waals surface area (Å²) in [5, 5.41) is 7.36. The first kappa shape index (κ1) is 35.7. The Morgan fingerprint density at radius 3 is 1.35 bits per heavy atom. The second-order valence-corrected chi connectivity index (χ2v) is 17.6. The Balaban J connectivity index is 0.951. The highest BCUT2D eigenvalue weighted by atomic mass is 16.5. The fraction of sp³-hybridized carbons (Fsp3) is 0. The van der Waals surface area contributed by atoms with E-state index in [1.165, 1.54) is 43.4 Å². The maximum Gasteiger partial charge on any atom is 0.434 e. The molecule has 0 bridgehead atoms. The number of ether oxygens (including phenoxy) is 1. The molecule has 2 aliphatic heterocycles. The van der Waals surface area contributed by atoms with Gasteiger partial charge in [0.2, 0.25) is 0 Å². The number of nitrogens with zero attached hydrogens (tertiary/aromatic N) is 3. The molecule has 0 fully saturated rings. The van der Waals surface area contributed by atoms with E-state index in [1.54, 1.807) is 0 Å². The van der Waals surface area contributed by atoms with E-state index in [9.17, 15) is 0 Å². The van der Waals surface area contributed by atoms with Crippen LogP contribution in [-0.2, 0) is 0 Å². The third kappa shape index (κ3) is 4.90. The Kier molecular flexibility index (Phi) is 7.24. The molecule has 0 aliphatic carbocycles. The van der Waals surface area contributed by atoms with Crippen LogP contribution in [0.5, 0.6) is 17.2 Å². The number of hydrogen-bond acceptors (Lipinski definition) is 2. The van der Waals surface area contributed by atoms with Crippen molar-refractivity contribution in [2.45, 2.75) is 0 Å². The smallest absolute Gasteiger partial charge is 0.434 e. The van der Waals surface area contributed by atoms with E-state index in [1.807, 2.05) is 0 Å². The van der Waals surface area contributed by atoms with Crippen LogP contribution in [0, 0.1) is 0 Å². The van der Waals surface area contributed by atoms with Gasteiger partial charge in [-0.25, -0.2) is 0 Å². The van der Waals surface area contributed by atoms with Crippen LogP contribution in [0.4, 0.5) is 0 Å². The molecule has 0 unspecified atom stereocenters. The molecule has 306 valence electrons. The Labute approximate surface area is 379 Å². The third-order valence-corrected chi connectivity index (χ3v) is 14.1. The van der Waals surface area contributed by atoms with Crippen LogP contribution in [-0.4, -0.2) is 20.6 Å². The first-order chi connectivity index (χ1) is 32.7. The summed E-state index contributed by atoms with van der Waals surface area (Å²) in [4.78, 5) is 0. The number of benzene rings is 10. The Morgan fingerprint density at radius 1 is 0.318 bits per heavy atom. The van der Waals surface area contributed by atoms with Gasteiger partial charge in [-0.05, 0) is 71.8 Å². The SMILES string of the molecule is c1ccc(-n2c3ccccc3c3ccccc32)c(-c2ccc3c(c2)OB2c4ccc(-n5c6ccccc6c6ccccc65)cc4Oc4cc(-n5c6ccccc6c6ccccc65)cc-3c42)c1. The highest BCUT2D eigenvalue weighted by Crippen LogP contribution is 2.45. The van der Waals surface area contributed by atoms with Crippen molar-refractivity contribution in [3.05, 3.63) is 218 Å². The van der Waals surface area contributed by atoms with Gasteiger partial charge in [0.05, 0.1) is 44.5 Å². The minimum Gasteiger partial charge on any atom is -0.551 e. The van der Waals surface area contributed by atoms with Gasteiger partial charge in [0, 0.05) is 72.2 Å². The van der Waals surface area contributed by atoms with Crippen LogP contribution in [0.25, 0.3) is 105 Å². The average Bonchev–Trinajstić information content (AvgIpc) is 4.02. The van der Waals surface area contributed by atoms with Crippen LogP contribution in [0.15, 0.2) is 218 Å². The highest BCUT2D eigenvalue weighted by molar-refractivity contribution is 6.84. The van der Waals surface area contributed by atoms with Crippen molar-refractivity contribution in [1.29, 1.82) is 0 Å². The quantitative estimate of drug-likeness (QED) is 0.165. The van der Waals surface area contributed by atoms with Gasteiger partial charge < -0.3 is 23.1 Å². The maximum atomic E-state index is 7.34. The molecule has 0 amide bonds. The van der Waals surface area contributed by atoms with Crippen molar-refractivity contribution in [1.82, 2.24) is 13.7 Å². The number of fused-ring (bicyclic) bond motifs is 13. The van der Waals surface area contributed by atoms with E-state index in [2.05, 4.69) is 232 Å². The molecule has 10 aromatic carbocycles. The second kappa shape index (κ2) is 13.4. The molecular weight excluding hydrogens is 805 g/mol. The molecule has 3 aromatic heterocycles. The van der Waals surface area contributed by atoms with E-state index >= 15 is 0 Å². The van der Waals surface area contributed by atoms with Crippen molar-refractivity contribution in [3.8, 4) is 56.6 Å². The van der Waals surface area contributed by atoms with Gasteiger partial charge in [-0.3, -0.25) is 0 Å². The lowest BCUT2D eigenvalue weighted by molar-refractivity contribution is 0.479. The van der Waals surface area contributed by atoms with Crippen molar-refractivity contribution < 1.29 is 9.39 Å². The molecule has 66 heavy (non-hydrogen) atoms. The lowest BCUT2D eigenvalue weighted by Crippen LogP contribution is -2.53. The van der Waals surface area contributed by atoms with E-state index in [-0.39, 0.29) is 0 Å². The van der Waals surface area contributed by atoms with Crippen molar-refractivity contribution in [3.63, 3.8) is 0 Å². The lowest BCUT2D eigenvalue weighted by Gasteiger charge is -2.34. The summed E-state index contributed by atoms with van der Waals surface area (Å²) < 4.78 is 21.7. The standard InChI is InChI=1S/C60H36BN3O2/c1-8-22-50(64-55-27-13-6-20-45(55)46-21-7-14-28-56(46)64)40(15-1)37-29-31-47-48-34-39(63-53-25-11-4-18-43(53)44-19-5-12-26-54(44)63)36-59-60(48)61(66-57(47)33-37)49-32-30-38(35-58(49)65-59)62-51-23-9-2-16-41(51)42-17-3-10-24-52(42)62/h1-36H. The van der Waals surface area contributed by atoms with Crippen molar-refractivity contribution in [2.75, 3.05) is 0 Å². The Hall–Kier alpha value is -8.74. The van der Waals surface area contributed by atoms with Crippen molar-refractivity contribution in [2.24, 2.45) is 0 Å². The Morgan fingerprint density at radius 2 is 0.788 bits per heavy atom. The van der Waals surface area contributed by atoms with E-state index in [4.69, 9.17) is 9.39 Å². The molecule has 0 saturated carbocycles. The highest BCUT2D eigenvalue weighted by Gasteiger charge is 2.42. The number of rotatable bonds is 4. The molecule has 15 rings (SSSR count). The van der Waals surface area contributed by atoms with Gasteiger partial charge in [0.1, 0.15) is 17.2 Å². The molecule has 0 atom stereocenters. The van der Waals surface area contributed by atoms with E-state index in [0.29, 0.717) is 0 Å². The van der Waals surface area contributed by atoms with Gasteiger partial charge in [-0.1, -0.05) is 146 Å². The minimum absolute atomic E-state index is 0.395. The van der Waals surface area contributed by atoms with Crippen LogP contribution in [0.3, 0.4) is 0 Å². The van der Waals surface area contributed by atoms with Gasteiger partial charge in [0.25, 0.3) is 0 Å². The first-order valence-corrected chi connectivity index (χ1v) is 22.6. The van der Waals surface area contributed by atoms with E-state index < -0.39 is 6.92 Å². The predicted octanol–water partition coefficient (Wildman–Crippen LogP) is 13.9. The van der Waals surface area contributed by atoms with Crippen LogP contribution >= 0.6 is 0 Å². The number of hydrogen-bond donors (Lipinski definition) is 0. The number of para-hydroxylation sites is 7. The van der Waals surface area contributed by atoms with Crippen LogP contribution in [0.2, 0.25) is 0 Å². The van der Waals surface area contributed by atoms with Crippen molar-refractivity contribution >= 4 is 83.3 Å². The van der Waals surface area contributed by atoms with Gasteiger partial charge in [-0.15, -0.1) is 0 Å². The summed E-state index contributed by atoms with van der Waals surface area (Å²) in [5.74, 6) is 2.42. The average molecular weight is 842 g/mol. The molecular formula is C60H36BN3O2. The van der Waals surface area contributed by atoms with Crippen LogP contribution in [0.1, 0.15) is 0 Å². The monoisotopic (exact) mass is 841 g/mol. The zero-order valence-corrected chi connectivity index (χ0v) is 35.5. The largest absolute Gasteiger partial charge is 0.551 e. The number of aromatic nitrogens is 3. The third-order valence-electron chi connectivity index (χ3n) is 14.1. The molecule has 0 saturated heterocycles. The van der Waals surface area contributed by atoms with Gasteiger partial charge in [0.15, 0.2) is 0 Å². The minimum atomic E-state index is -0.395. The maximum absolute atomic E-state index is 7.34. The van der Waals surface area contributed by atoms with E-state index in [0.717, 1.165) is 89.6 Å². The van der Waals surface area contributed by atoms with Gasteiger partial charge in [-0.2, -0.15) is 0 Å². The summed E-state index contributed by atoms with van der Waals surface area (Å²) in [6.45, 7) is -0.395. The molecule has 0 radical (unpaired) electrons. The molecule has 5 heterocycles. The predicted molar refractivity (Wildman–Crippen MR) is 272 cm³/mol. The summed E-state index contributed by atoms with van der Waals surface area (Å²) in [6.07, 6.45) is 0. The molecule has 0 spiro atoms. The summed E-state index contributed by atoms with van der Waals surface area (Å²) in [6, 6.07) is 78.7. The summed E-state index contributed by atoms with van der Waals surface area (Å²) >= 11 is 0. The van der Waals surface area contributed by atoms with Crippen LogP contribution < -0.4 is 20.3 Å². The fourth-order valence-electron chi connectivity index (χ4n) is 11.3. The first-order valence-electron chi connectivity index (χ1n) is 22.6. The molecule has 0 N–H and O–H groups in total. The Bertz CT molecular complexity index is 4050. The molecule has 6 heteroatoms. The topological polar surface area (TPSA) is 33.2 Å². The molecule has 5 nitrogen and oxygen atoms in total. The normalized spacial score (nSPS) is 12.8. The molecule has 13 aromatic rings. The second-order valence-electron chi connectivity index (χ2n) is 17.6.